The molecule has 8 aromatic rings. The predicted molar refractivity (Wildman–Crippen MR) is 221 cm³/mol. The largest absolute Gasteiger partial charge is 0.289 e. The highest BCUT2D eigenvalue weighted by Crippen LogP contribution is 2.36. The van der Waals surface area contributed by atoms with E-state index in [9.17, 15) is 23.2 Å². The minimum Gasteiger partial charge on any atom is -0.289 e. The molecule has 0 bridgehead atoms. The van der Waals surface area contributed by atoms with E-state index in [1.165, 1.54) is 24.3 Å². The van der Waals surface area contributed by atoms with Crippen molar-refractivity contribution in [1.82, 2.24) is 43.6 Å². The van der Waals surface area contributed by atoms with Gasteiger partial charge in [-0.05, 0) is 136 Å². The number of hydrogen-bond acceptors (Lipinski definition) is 9. The lowest BCUT2D eigenvalue weighted by molar-refractivity contribution is 0.620. The third kappa shape index (κ3) is 7.90. The van der Waals surface area contributed by atoms with Gasteiger partial charge in [-0.15, -0.1) is 0 Å². The second-order valence-corrected chi connectivity index (χ2v) is 15.1. The van der Waals surface area contributed by atoms with Gasteiger partial charge in [-0.1, -0.05) is 6.92 Å². The molecule has 12 nitrogen and oxygen atoms in total. The zero-order chi connectivity index (χ0) is 40.6. The van der Waals surface area contributed by atoms with E-state index in [0.717, 1.165) is 49.7 Å². The van der Waals surface area contributed by atoms with Gasteiger partial charge in [0.05, 0.1) is 0 Å². The summed E-state index contributed by atoms with van der Waals surface area (Å²) in [6, 6.07) is 23.3. The summed E-state index contributed by atoms with van der Waals surface area (Å²) in [6.45, 7) is 2.63. The van der Waals surface area contributed by atoms with Gasteiger partial charge < -0.3 is 0 Å². The highest BCUT2D eigenvalue weighted by molar-refractivity contribution is 5.75. The molecule has 0 spiro atoms. The van der Waals surface area contributed by atoms with Crippen LogP contribution in [0.3, 0.4) is 0 Å². The third-order valence-electron chi connectivity index (χ3n) is 10.6. The fourth-order valence-corrected chi connectivity index (χ4v) is 7.10. The first-order valence-electron chi connectivity index (χ1n) is 19.9. The van der Waals surface area contributed by atoms with Gasteiger partial charge >= 0.3 is 0 Å². The van der Waals surface area contributed by atoms with Crippen LogP contribution in [0.15, 0.2) is 118 Å². The summed E-state index contributed by atoms with van der Waals surface area (Å²) in [5.41, 5.74) is 6.47. The molecule has 14 heteroatoms. The lowest BCUT2D eigenvalue weighted by Crippen LogP contribution is -2.25. The fourth-order valence-electron chi connectivity index (χ4n) is 7.10. The summed E-state index contributed by atoms with van der Waals surface area (Å²) < 4.78 is 31.4. The maximum atomic E-state index is 13.1. The molecule has 3 saturated carbocycles. The zero-order valence-corrected chi connectivity index (χ0v) is 32.2. The van der Waals surface area contributed by atoms with Crippen LogP contribution in [0.4, 0.5) is 8.78 Å². The molecule has 0 unspecified atom stereocenters. The van der Waals surface area contributed by atoms with Gasteiger partial charge in [-0.25, -0.2) is 38.7 Å². The highest BCUT2D eigenvalue weighted by Gasteiger charge is 2.29. The van der Waals surface area contributed by atoms with E-state index < -0.39 is 0 Å². The average Bonchev–Trinajstić information content (AvgIpc) is 4.09. The zero-order valence-electron chi connectivity index (χ0n) is 32.2. The van der Waals surface area contributed by atoms with Gasteiger partial charge in [-0.2, -0.15) is 0 Å². The molecule has 6 aromatic heterocycles. The number of nitrogens with zero attached hydrogens (tertiary/aromatic N) is 9. The Morgan fingerprint density at radius 2 is 0.983 bits per heavy atom. The SMILES string of the molecule is CCc1nc2cccnc2n(C2CC2)c1=O.O=c1c(-c2ccc(F)cc2)nc2cccnc2n1C1CC1.O=c1c(-c2ccc(F)cc2)nc2cccnc2n1CC1CC1. The van der Waals surface area contributed by atoms with Crippen molar-refractivity contribution in [3.05, 3.63) is 152 Å². The first-order chi connectivity index (χ1) is 28.8. The van der Waals surface area contributed by atoms with Gasteiger partial charge in [0.15, 0.2) is 16.9 Å². The quantitative estimate of drug-likeness (QED) is 0.159. The number of pyridine rings is 3. The van der Waals surface area contributed by atoms with E-state index in [1.54, 1.807) is 64.1 Å². The van der Waals surface area contributed by atoms with Crippen LogP contribution in [0.25, 0.3) is 56.0 Å². The molecule has 3 fully saturated rings. The summed E-state index contributed by atoms with van der Waals surface area (Å²) in [5, 5.41) is 0. The van der Waals surface area contributed by atoms with Gasteiger partial charge in [0, 0.05) is 48.3 Å². The van der Waals surface area contributed by atoms with E-state index in [0.29, 0.717) is 75.5 Å². The van der Waals surface area contributed by atoms with Crippen LogP contribution < -0.4 is 16.7 Å². The number of rotatable bonds is 7. The van der Waals surface area contributed by atoms with Gasteiger partial charge in [-0.3, -0.25) is 28.1 Å². The van der Waals surface area contributed by atoms with Crippen molar-refractivity contribution < 1.29 is 8.78 Å². The smallest absolute Gasteiger partial charge is 0.278 e. The first-order valence-corrected chi connectivity index (χ1v) is 19.9. The Balaban J connectivity index is 0.000000116. The Morgan fingerprint density at radius 3 is 1.46 bits per heavy atom. The molecular formula is C45H39F2N9O3. The molecule has 2 aromatic carbocycles. The van der Waals surface area contributed by atoms with Gasteiger partial charge in [0.2, 0.25) is 0 Å². The lowest BCUT2D eigenvalue weighted by atomic mass is 10.1. The van der Waals surface area contributed by atoms with E-state index in [2.05, 4.69) is 29.9 Å². The van der Waals surface area contributed by atoms with Crippen LogP contribution in [-0.2, 0) is 13.0 Å². The average molecular weight is 792 g/mol. The molecule has 0 amide bonds. The van der Waals surface area contributed by atoms with Crippen LogP contribution in [0.5, 0.6) is 0 Å². The molecule has 0 atom stereocenters. The Hall–Kier alpha value is -6.83. The van der Waals surface area contributed by atoms with Crippen LogP contribution in [0.2, 0.25) is 0 Å². The van der Waals surface area contributed by atoms with E-state index in [-0.39, 0.29) is 34.4 Å². The number of aryl methyl sites for hydroxylation is 1. The maximum Gasteiger partial charge on any atom is 0.278 e. The normalized spacial score (nSPS) is 14.8. The third-order valence-corrected chi connectivity index (χ3v) is 10.6. The van der Waals surface area contributed by atoms with Crippen LogP contribution >= 0.6 is 0 Å². The summed E-state index contributed by atoms with van der Waals surface area (Å²) in [4.78, 5) is 63.8. The predicted octanol–water partition coefficient (Wildman–Crippen LogP) is 7.63. The Morgan fingerprint density at radius 1 is 0.542 bits per heavy atom. The Bertz CT molecular complexity index is 3030. The molecule has 11 rings (SSSR count). The second kappa shape index (κ2) is 15.8. The van der Waals surface area contributed by atoms with Crippen molar-refractivity contribution in [2.24, 2.45) is 5.92 Å². The molecule has 3 aliphatic rings. The molecular weight excluding hydrogens is 753 g/mol. The number of fused-ring (bicyclic) bond motifs is 3. The number of benzene rings is 2. The van der Waals surface area contributed by atoms with Crippen molar-refractivity contribution in [2.45, 2.75) is 70.5 Å². The van der Waals surface area contributed by atoms with Crippen molar-refractivity contribution in [3.63, 3.8) is 0 Å². The van der Waals surface area contributed by atoms with Crippen LogP contribution in [-0.4, -0.2) is 43.6 Å². The fraction of sp³-hybridized carbons (Fsp3) is 0.267. The molecule has 6 heterocycles. The van der Waals surface area contributed by atoms with Crippen LogP contribution in [0.1, 0.15) is 63.2 Å². The number of halogens is 2. The molecule has 0 radical (unpaired) electrons. The Kier molecular flexibility index (Phi) is 10.1. The van der Waals surface area contributed by atoms with Crippen molar-refractivity contribution in [1.29, 1.82) is 0 Å². The van der Waals surface area contributed by atoms with E-state index in [1.807, 2.05) is 35.8 Å². The summed E-state index contributed by atoms with van der Waals surface area (Å²) >= 11 is 0. The maximum absolute atomic E-state index is 13.1. The summed E-state index contributed by atoms with van der Waals surface area (Å²) in [6.07, 6.45) is 12.2. The molecule has 296 valence electrons. The minimum atomic E-state index is -0.330. The number of hydrogen-bond donors (Lipinski definition) is 0. The molecule has 59 heavy (non-hydrogen) atoms. The molecule has 0 saturated heterocycles. The van der Waals surface area contributed by atoms with Gasteiger partial charge in [0.1, 0.15) is 45.3 Å². The topological polar surface area (TPSA) is 143 Å². The lowest BCUT2D eigenvalue weighted by Gasteiger charge is -2.11. The molecule has 3 aliphatic carbocycles. The Labute approximate surface area is 336 Å². The number of aromatic nitrogens is 9. The van der Waals surface area contributed by atoms with E-state index in [4.69, 9.17) is 0 Å². The summed E-state index contributed by atoms with van der Waals surface area (Å²) in [5.74, 6) is -0.111. The van der Waals surface area contributed by atoms with Crippen molar-refractivity contribution in [3.8, 4) is 22.5 Å². The van der Waals surface area contributed by atoms with Crippen molar-refractivity contribution in [2.75, 3.05) is 0 Å². The summed E-state index contributed by atoms with van der Waals surface area (Å²) in [7, 11) is 0. The first kappa shape index (κ1) is 37.7. The van der Waals surface area contributed by atoms with Crippen LogP contribution in [0, 0.1) is 17.6 Å². The van der Waals surface area contributed by atoms with Crippen molar-refractivity contribution >= 4 is 33.5 Å². The highest BCUT2D eigenvalue weighted by atomic mass is 19.1. The van der Waals surface area contributed by atoms with Gasteiger partial charge in [0.25, 0.3) is 16.7 Å². The minimum absolute atomic E-state index is 0.0381. The van der Waals surface area contributed by atoms with E-state index >= 15 is 0 Å². The second-order valence-electron chi connectivity index (χ2n) is 15.1. The monoisotopic (exact) mass is 791 g/mol. The molecule has 0 aliphatic heterocycles. The standard InChI is InChI=1S/C17H14FN3O.C16H12FN3O.C12H13N3O/c18-13-7-5-12(6-8-13)15-17(22)21(10-11-3-4-11)16-14(20-15)2-1-9-19-16;17-11-5-3-10(4-6-11)14-16(21)20(12-7-8-12)15-13(19-14)2-1-9-18-15;1-2-9-12(16)15(8-5-6-8)11-10(14-9)4-3-7-13-11/h1-2,5-9,11H,3-4,10H2;1-6,9,12H,7-8H2;3-4,7-8H,2,5-6H2,1H3. The molecule has 0 N–H and O–H groups in total.